The van der Waals surface area contributed by atoms with Crippen LogP contribution in [0, 0.1) is 5.82 Å². The SMILES string of the molecule is O=C1CCCN1Cc1ccc(CNc2ccc3c(Cl)ccnc3c2F)cc1. The number of nitrogens with one attached hydrogen (secondary N) is 1. The second kappa shape index (κ2) is 7.53. The molecule has 0 radical (unpaired) electrons. The van der Waals surface area contributed by atoms with Crippen molar-refractivity contribution >= 4 is 34.1 Å². The van der Waals surface area contributed by atoms with Gasteiger partial charge in [-0.15, -0.1) is 0 Å². The lowest BCUT2D eigenvalue weighted by Gasteiger charge is -2.16. The highest BCUT2D eigenvalue weighted by Crippen LogP contribution is 2.28. The number of carbonyl (C=O) groups excluding carboxylic acids is 1. The Morgan fingerprint density at radius 3 is 2.63 bits per heavy atom. The van der Waals surface area contributed by atoms with Crippen LogP contribution in [0.5, 0.6) is 0 Å². The van der Waals surface area contributed by atoms with Gasteiger partial charge >= 0.3 is 0 Å². The molecule has 1 aliphatic rings. The fraction of sp³-hybridized carbons (Fsp3) is 0.238. The number of hydrogen-bond acceptors (Lipinski definition) is 3. The molecule has 0 atom stereocenters. The molecule has 6 heteroatoms. The highest BCUT2D eigenvalue weighted by Gasteiger charge is 2.19. The molecule has 1 aromatic heterocycles. The van der Waals surface area contributed by atoms with Crippen molar-refractivity contribution in [2.24, 2.45) is 0 Å². The highest BCUT2D eigenvalue weighted by atomic mass is 35.5. The number of amides is 1. The molecular weight excluding hydrogens is 365 g/mol. The van der Waals surface area contributed by atoms with Crippen LogP contribution < -0.4 is 5.32 Å². The summed E-state index contributed by atoms with van der Waals surface area (Å²) < 4.78 is 14.7. The molecule has 0 saturated carbocycles. The molecule has 1 amide bonds. The van der Waals surface area contributed by atoms with Gasteiger partial charge in [0.05, 0.1) is 10.7 Å². The minimum atomic E-state index is -0.404. The van der Waals surface area contributed by atoms with Crippen molar-refractivity contribution in [3.8, 4) is 0 Å². The van der Waals surface area contributed by atoms with Crippen molar-refractivity contribution in [2.75, 3.05) is 11.9 Å². The summed E-state index contributed by atoms with van der Waals surface area (Å²) in [7, 11) is 0. The van der Waals surface area contributed by atoms with Crippen LogP contribution in [0.3, 0.4) is 0 Å². The highest BCUT2D eigenvalue weighted by molar-refractivity contribution is 6.35. The van der Waals surface area contributed by atoms with Crippen molar-refractivity contribution in [3.05, 3.63) is 70.6 Å². The van der Waals surface area contributed by atoms with Crippen LogP contribution in [0.4, 0.5) is 10.1 Å². The molecule has 1 N–H and O–H groups in total. The van der Waals surface area contributed by atoms with Crippen LogP contribution in [0.25, 0.3) is 10.9 Å². The van der Waals surface area contributed by atoms with Gasteiger partial charge < -0.3 is 10.2 Å². The number of fused-ring (bicyclic) bond motifs is 1. The van der Waals surface area contributed by atoms with Gasteiger partial charge in [-0.25, -0.2) is 4.39 Å². The maximum Gasteiger partial charge on any atom is 0.222 e. The van der Waals surface area contributed by atoms with Crippen LogP contribution in [0.15, 0.2) is 48.7 Å². The van der Waals surface area contributed by atoms with Crippen LogP contribution in [-0.4, -0.2) is 22.3 Å². The molecule has 2 aromatic carbocycles. The number of aromatic nitrogens is 1. The zero-order valence-corrected chi connectivity index (χ0v) is 15.5. The number of likely N-dealkylation sites (tertiary alicyclic amines) is 1. The van der Waals surface area contributed by atoms with Gasteiger partial charge in [-0.1, -0.05) is 35.9 Å². The van der Waals surface area contributed by atoms with E-state index in [0.717, 1.165) is 24.1 Å². The lowest BCUT2D eigenvalue weighted by molar-refractivity contribution is -0.128. The second-order valence-corrected chi connectivity index (χ2v) is 7.11. The van der Waals surface area contributed by atoms with E-state index in [2.05, 4.69) is 10.3 Å². The maximum atomic E-state index is 14.7. The Morgan fingerprint density at radius 1 is 1.11 bits per heavy atom. The summed E-state index contributed by atoms with van der Waals surface area (Å²) in [4.78, 5) is 17.7. The van der Waals surface area contributed by atoms with Crippen molar-refractivity contribution in [1.82, 2.24) is 9.88 Å². The Morgan fingerprint density at radius 2 is 1.89 bits per heavy atom. The molecule has 3 aromatic rings. The summed E-state index contributed by atoms with van der Waals surface area (Å²) in [6.45, 7) is 1.98. The van der Waals surface area contributed by atoms with Gasteiger partial charge in [-0.05, 0) is 35.7 Å². The van der Waals surface area contributed by atoms with E-state index >= 15 is 0 Å². The molecule has 0 unspecified atom stereocenters. The van der Waals surface area contributed by atoms with Gasteiger partial charge in [-0.3, -0.25) is 9.78 Å². The van der Waals surface area contributed by atoms with E-state index in [0.29, 0.717) is 35.6 Å². The monoisotopic (exact) mass is 383 g/mol. The van der Waals surface area contributed by atoms with Crippen LogP contribution in [-0.2, 0) is 17.9 Å². The Kier molecular flexibility index (Phi) is 4.94. The Balaban J connectivity index is 1.43. The van der Waals surface area contributed by atoms with Crippen molar-refractivity contribution in [3.63, 3.8) is 0 Å². The lowest BCUT2D eigenvalue weighted by Crippen LogP contribution is -2.23. The zero-order chi connectivity index (χ0) is 18.8. The van der Waals surface area contributed by atoms with Gasteiger partial charge in [0.2, 0.25) is 5.91 Å². The number of halogens is 2. The number of benzene rings is 2. The van der Waals surface area contributed by atoms with Crippen molar-refractivity contribution in [1.29, 1.82) is 0 Å². The summed E-state index contributed by atoms with van der Waals surface area (Å²) in [6.07, 6.45) is 3.10. The third kappa shape index (κ3) is 3.74. The molecular formula is C21H19ClFN3O. The normalized spacial score (nSPS) is 14.1. The molecule has 0 bridgehead atoms. The number of carbonyl (C=O) groups is 1. The summed E-state index contributed by atoms with van der Waals surface area (Å²) in [5, 5.41) is 4.20. The van der Waals surface area contributed by atoms with E-state index in [1.165, 1.54) is 6.20 Å². The molecule has 4 rings (SSSR count). The summed E-state index contributed by atoms with van der Waals surface area (Å²) >= 11 is 6.09. The predicted molar refractivity (Wildman–Crippen MR) is 105 cm³/mol. The maximum absolute atomic E-state index is 14.7. The van der Waals surface area contributed by atoms with Crippen LogP contribution in [0.2, 0.25) is 5.02 Å². The molecule has 1 fully saturated rings. The minimum Gasteiger partial charge on any atom is -0.379 e. The first-order valence-electron chi connectivity index (χ1n) is 8.94. The van der Waals surface area contributed by atoms with Gasteiger partial charge in [0.25, 0.3) is 0 Å². The first-order valence-corrected chi connectivity index (χ1v) is 9.32. The fourth-order valence-electron chi connectivity index (χ4n) is 3.34. The van der Waals surface area contributed by atoms with E-state index in [4.69, 9.17) is 11.6 Å². The van der Waals surface area contributed by atoms with Gasteiger partial charge in [0, 0.05) is 37.6 Å². The Bertz CT molecular complexity index is 991. The van der Waals surface area contributed by atoms with Crippen LogP contribution >= 0.6 is 11.6 Å². The Hall–Kier alpha value is -2.66. The summed E-state index contributed by atoms with van der Waals surface area (Å²) in [5.41, 5.74) is 2.79. The third-order valence-corrected chi connectivity index (χ3v) is 5.18. The number of pyridine rings is 1. The van der Waals surface area contributed by atoms with Gasteiger partial charge in [0.1, 0.15) is 5.52 Å². The zero-order valence-electron chi connectivity index (χ0n) is 14.7. The molecule has 2 heterocycles. The van der Waals surface area contributed by atoms with E-state index in [-0.39, 0.29) is 11.4 Å². The molecule has 1 saturated heterocycles. The number of anilines is 1. The van der Waals surface area contributed by atoms with E-state index < -0.39 is 5.82 Å². The van der Waals surface area contributed by atoms with Gasteiger partial charge in [-0.2, -0.15) is 0 Å². The topological polar surface area (TPSA) is 45.2 Å². The summed E-state index contributed by atoms with van der Waals surface area (Å²) in [6, 6.07) is 13.1. The first-order chi connectivity index (χ1) is 13.1. The Labute approximate surface area is 162 Å². The molecule has 1 aliphatic heterocycles. The molecule has 27 heavy (non-hydrogen) atoms. The average molecular weight is 384 g/mol. The molecule has 0 spiro atoms. The molecule has 0 aliphatic carbocycles. The number of rotatable bonds is 5. The molecule has 138 valence electrons. The average Bonchev–Trinajstić information content (AvgIpc) is 3.08. The second-order valence-electron chi connectivity index (χ2n) is 6.70. The molecule has 4 nitrogen and oxygen atoms in total. The fourth-order valence-corrected chi connectivity index (χ4v) is 3.55. The number of nitrogens with zero attached hydrogens (tertiary/aromatic N) is 2. The van der Waals surface area contributed by atoms with Crippen molar-refractivity contribution in [2.45, 2.75) is 25.9 Å². The largest absolute Gasteiger partial charge is 0.379 e. The van der Waals surface area contributed by atoms with E-state index in [1.54, 1.807) is 18.2 Å². The third-order valence-electron chi connectivity index (χ3n) is 4.85. The lowest BCUT2D eigenvalue weighted by atomic mass is 10.1. The van der Waals surface area contributed by atoms with Gasteiger partial charge in [0.15, 0.2) is 5.82 Å². The minimum absolute atomic E-state index is 0.223. The smallest absolute Gasteiger partial charge is 0.222 e. The van der Waals surface area contributed by atoms with Crippen molar-refractivity contribution < 1.29 is 9.18 Å². The van der Waals surface area contributed by atoms with E-state index in [9.17, 15) is 9.18 Å². The van der Waals surface area contributed by atoms with Crippen LogP contribution in [0.1, 0.15) is 24.0 Å². The standard InChI is InChI=1S/C21H19ClFN3O/c22-17-9-10-24-21-16(17)7-8-18(20(21)23)25-12-14-3-5-15(6-4-14)13-26-11-1-2-19(26)27/h3-10,25H,1-2,11-13H2. The quantitative estimate of drug-likeness (QED) is 0.690. The predicted octanol–water partition coefficient (Wildman–Crippen LogP) is 4.76. The number of hydrogen-bond donors (Lipinski definition) is 1. The summed E-state index contributed by atoms with van der Waals surface area (Å²) in [5.74, 6) is -0.180. The van der Waals surface area contributed by atoms with E-state index in [1.807, 2.05) is 29.2 Å². The first kappa shape index (κ1) is 17.7.